The molecule has 24 heavy (non-hydrogen) atoms. The summed E-state index contributed by atoms with van der Waals surface area (Å²) in [6.07, 6.45) is 3.37. The van der Waals surface area contributed by atoms with Gasteiger partial charge in [0.05, 0.1) is 12.0 Å². The van der Waals surface area contributed by atoms with Crippen molar-refractivity contribution in [2.75, 3.05) is 5.73 Å². The van der Waals surface area contributed by atoms with Crippen LogP contribution in [0.2, 0.25) is 0 Å². The number of nitrogens with zero attached hydrogens (tertiary/aromatic N) is 2. The van der Waals surface area contributed by atoms with Crippen LogP contribution in [-0.4, -0.2) is 4.98 Å². The molecule has 1 aliphatic rings. The van der Waals surface area contributed by atoms with Gasteiger partial charge in [0.25, 0.3) is 0 Å². The molecular weight excluding hydrogens is 298 g/mol. The lowest BCUT2D eigenvalue weighted by Gasteiger charge is -2.24. The standard InChI is InChI=1S/C20H17N3O/c1-11-8-12(2)13-5-6-14-18(17-4-3-7-24-17)16(10-21)20(22)23-19(14)15(13)9-11/h3-4,7-9H,5-6H2,1-2H3,(H2,22,23). The van der Waals surface area contributed by atoms with Crippen LogP contribution in [0.4, 0.5) is 5.82 Å². The first-order chi connectivity index (χ1) is 11.6. The predicted octanol–water partition coefficient (Wildman–Crippen LogP) is 4.18. The number of pyridine rings is 1. The van der Waals surface area contributed by atoms with Gasteiger partial charge < -0.3 is 10.2 Å². The Balaban J connectivity index is 2.09. The maximum Gasteiger partial charge on any atom is 0.142 e. The van der Waals surface area contributed by atoms with Crippen molar-refractivity contribution in [1.82, 2.24) is 4.98 Å². The number of aromatic nitrogens is 1. The second-order valence-corrected chi connectivity index (χ2v) is 6.27. The van der Waals surface area contributed by atoms with E-state index in [1.165, 1.54) is 16.7 Å². The van der Waals surface area contributed by atoms with Crippen LogP contribution in [0.25, 0.3) is 22.6 Å². The van der Waals surface area contributed by atoms with Crippen LogP contribution in [0.1, 0.15) is 27.8 Å². The Morgan fingerprint density at radius 2 is 2.00 bits per heavy atom. The zero-order chi connectivity index (χ0) is 16.8. The third-order valence-electron chi connectivity index (χ3n) is 4.70. The van der Waals surface area contributed by atoms with E-state index >= 15 is 0 Å². The molecule has 3 aromatic rings. The highest BCUT2D eigenvalue weighted by Gasteiger charge is 2.27. The number of fused-ring (bicyclic) bond motifs is 3. The lowest BCUT2D eigenvalue weighted by molar-refractivity contribution is 0.581. The Morgan fingerprint density at radius 1 is 1.21 bits per heavy atom. The maximum atomic E-state index is 9.57. The van der Waals surface area contributed by atoms with Gasteiger partial charge in [0, 0.05) is 11.1 Å². The van der Waals surface area contributed by atoms with Crippen LogP contribution < -0.4 is 5.73 Å². The normalized spacial score (nSPS) is 12.4. The third kappa shape index (κ3) is 2.02. The number of hydrogen-bond acceptors (Lipinski definition) is 4. The van der Waals surface area contributed by atoms with Gasteiger partial charge in [-0.1, -0.05) is 11.6 Å². The van der Waals surface area contributed by atoms with Gasteiger partial charge in [-0.2, -0.15) is 5.26 Å². The minimum absolute atomic E-state index is 0.259. The Bertz CT molecular complexity index is 995. The number of benzene rings is 1. The Labute approximate surface area is 140 Å². The van der Waals surface area contributed by atoms with Crippen LogP contribution >= 0.6 is 0 Å². The van der Waals surface area contributed by atoms with Gasteiger partial charge in [-0.15, -0.1) is 0 Å². The number of hydrogen-bond donors (Lipinski definition) is 1. The summed E-state index contributed by atoms with van der Waals surface area (Å²) in [6.45, 7) is 4.22. The molecule has 0 unspecified atom stereocenters. The molecule has 0 saturated carbocycles. The van der Waals surface area contributed by atoms with Crippen molar-refractivity contribution in [3.05, 3.63) is 58.3 Å². The first-order valence-corrected chi connectivity index (χ1v) is 7.97. The number of rotatable bonds is 1. The average Bonchev–Trinajstić information content (AvgIpc) is 3.07. The quantitative estimate of drug-likeness (QED) is 0.731. The number of nitriles is 1. The summed E-state index contributed by atoms with van der Waals surface area (Å²) in [5.74, 6) is 0.930. The molecule has 118 valence electrons. The van der Waals surface area contributed by atoms with E-state index < -0.39 is 0 Å². The molecule has 1 aliphatic carbocycles. The fourth-order valence-electron chi connectivity index (χ4n) is 3.70. The molecule has 0 radical (unpaired) electrons. The largest absolute Gasteiger partial charge is 0.464 e. The van der Waals surface area contributed by atoms with Crippen LogP contribution in [0.5, 0.6) is 0 Å². The van der Waals surface area contributed by atoms with Gasteiger partial charge in [0.2, 0.25) is 0 Å². The van der Waals surface area contributed by atoms with Crippen molar-refractivity contribution in [2.24, 2.45) is 0 Å². The molecule has 0 fully saturated rings. The van der Waals surface area contributed by atoms with E-state index in [2.05, 4.69) is 37.0 Å². The molecule has 2 N–H and O–H groups in total. The van der Waals surface area contributed by atoms with Crippen LogP contribution in [0.3, 0.4) is 0 Å². The van der Waals surface area contributed by atoms with Crippen molar-refractivity contribution in [1.29, 1.82) is 5.26 Å². The molecule has 0 bridgehead atoms. The first-order valence-electron chi connectivity index (χ1n) is 7.97. The molecule has 0 atom stereocenters. The molecule has 0 saturated heterocycles. The average molecular weight is 315 g/mol. The number of furan rings is 1. The zero-order valence-corrected chi connectivity index (χ0v) is 13.7. The lowest BCUT2D eigenvalue weighted by Crippen LogP contribution is -2.12. The van der Waals surface area contributed by atoms with Crippen molar-refractivity contribution < 1.29 is 4.42 Å². The van der Waals surface area contributed by atoms with Crippen LogP contribution in [0, 0.1) is 25.2 Å². The third-order valence-corrected chi connectivity index (χ3v) is 4.70. The van der Waals surface area contributed by atoms with Crippen molar-refractivity contribution in [3.8, 4) is 28.7 Å². The van der Waals surface area contributed by atoms with Gasteiger partial charge in [-0.05, 0) is 61.6 Å². The van der Waals surface area contributed by atoms with E-state index in [-0.39, 0.29) is 5.82 Å². The van der Waals surface area contributed by atoms with E-state index in [1.807, 2.05) is 12.1 Å². The summed E-state index contributed by atoms with van der Waals surface area (Å²) in [5.41, 5.74) is 14.1. The Morgan fingerprint density at radius 3 is 2.71 bits per heavy atom. The zero-order valence-electron chi connectivity index (χ0n) is 13.7. The van der Waals surface area contributed by atoms with Gasteiger partial charge in [-0.25, -0.2) is 4.98 Å². The molecule has 4 rings (SSSR count). The Kier molecular flexibility index (Phi) is 3.17. The minimum atomic E-state index is 0.259. The molecule has 2 aromatic heterocycles. The van der Waals surface area contributed by atoms with Crippen molar-refractivity contribution in [2.45, 2.75) is 26.7 Å². The molecule has 0 spiro atoms. The van der Waals surface area contributed by atoms with Crippen molar-refractivity contribution in [3.63, 3.8) is 0 Å². The number of aryl methyl sites for hydroxylation is 2. The van der Waals surface area contributed by atoms with Crippen LogP contribution in [0.15, 0.2) is 34.9 Å². The maximum absolute atomic E-state index is 9.57. The predicted molar refractivity (Wildman–Crippen MR) is 93.4 cm³/mol. The molecule has 0 amide bonds. The summed E-state index contributed by atoms with van der Waals surface area (Å²) in [6, 6.07) is 10.2. The van der Waals surface area contributed by atoms with Gasteiger partial charge in [0.1, 0.15) is 23.2 Å². The molecule has 4 heteroatoms. The minimum Gasteiger partial charge on any atom is -0.464 e. The molecule has 0 aliphatic heterocycles. The molecule has 4 nitrogen and oxygen atoms in total. The van der Waals surface area contributed by atoms with Gasteiger partial charge in [0.15, 0.2) is 0 Å². The van der Waals surface area contributed by atoms with Crippen LogP contribution in [-0.2, 0) is 12.8 Å². The fourth-order valence-corrected chi connectivity index (χ4v) is 3.70. The topological polar surface area (TPSA) is 75.8 Å². The Hall–Kier alpha value is -3.06. The summed E-state index contributed by atoms with van der Waals surface area (Å²) in [5, 5.41) is 9.57. The summed E-state index contributed by atoms with van der Waals surface area (Å²) in [7, 11) is 0. The van der Waals surface area contributed by atoms with E-state index in [0.29, 0.717) is 11.3 Å². The van der Waals surface area contributed by atoms with Gasteiger partial charge >= 0.3 is 0 Å². The summed E-state index contributed by atoms with van der Waals surface area (Å²) < 4.78 is 5.58. The van der Waals surface area contributed by atoms with E-state index in [1.54, 1.807) is 6.26 Å². The first kappa shape index (κ1) is 14.5. The molecule has 1 aromatic carbocycles. The monoisotopic (exact) mass is 315 g/mol. The highest BCUT2D eigenvalue weighted by atomic mass is 16.3. The number of nitrogen functional groups attached to an aromatic ring is 1. The SMILES string of the molecule is Cc1cc(C)c2c(c1)-c1nc(N)c(C#N)c(-c3ccco3)c1CC2. The number of anilines is 1. The lowest BCUT2D eigenvalue weighted by atomic mass is 9.82. The summed E-state index contributed by atoms with van der Waals surface area (Å²) in [4.78, 5) is 4.59. The fraction of sp³-hybridized carbons (Fsp3) is 0.200. The van der Waals surface area contributed by atoms with E-state index in [4.69, 9.17) is 10.2 Å². The second-order valence-electron chi connectivity index (χ2n) is 6.27. The highest BCUT2D eigenvalue weighted by Crippen LogP contribution is 2.42. The second kappa shape index (κ2) is 5.24. The molecular formula is C20H17N3O. The van der Waals surface area contributed by atoms with E-state index in [0.717, 1.165) is 35.2 Å². The summed E-state index contributed by atoms with van der Waals surface area (Å²) >= 11 is 0. The number of nitrogens with two attached hydrogens (primary N) is 1. The molecule has 2 heterocycles. The van der Waals surface area contributed by atoms with Gasteiger partial charge in [-0.3, -0.25) is 0 Å². The smallest absolute Gasteiger partial charge is 0.142 e. The van der Waals surface area contributed by atoms with E-state index in [9.17, 15) is 5.26 Å². The highest BCUT2D eigenvalue weighted by molar-refractivity contribution is 5.85. The van der Waals surface area contributed by atoms with Crippen molar-refractivity contribution >= 4 is 5.82 Å².